The molecule has 2 aromatic rings. The van der Waals surface area contributed by atoms with Crippen LogP contribution in [0.4, 0.5) is 0 Å². The van der Waals surface area contributed by atoms with Gasteiger partial charge in [-0.1, -0.05) is 54.8 Å². The van der Waals surface area contributed by atoms with Crippen LogP contribution >= 0.6 is 0 Å². The van der Waals surface area contributed by atoms with Gasteiger partial charge in [0.25, 0.3) is 0 Å². The Morgan fingerprint density at radius 2 is 1.89 bits per heavy atom. The van der Waals surface area contributed by atoms with E-state index in [0.29, 0.717) is 18.1 Å². The van der Waals surface area contributed by atoms with Gasteiger partial charge in [0.15, 0.2) is 0 Å². The smallest absolute Gasteiger partial charge is 0.338 e. The maximum absolute atomic E-state index is 12.2. The molecular formula is C23H27NO3. The van der Waals surface area contributed by atoms with Crippen LogP contribution in [0, 0.1) is 12.8 Å². The molecule has 4 nitrogen and oxygen atoms in total. The number of hydrogen-bond acceptors (Lipinski definition) is 4. The largest absolute Gasteiger partial charge is 0.465 e. The molecule has 2 aromatic carbocycles. The van der Waals surface area contributed by atoms with Crippen LogP contribution in [-0.2, 0) is 9.57 Å². The zero-order valence-corrected chi connectivity index (χ0v) is 16.1. The van der Waals surface area contributed by atoms with Crippen molar-refractivity contribution in [3.63, 3.8) is 0 Å². The summed E-state index contributed by atoms with van der Waals surface area (Å²) in [6.07, 6.45) is 8.13. The molecule has 0 spiro atoms. The Balaban J connectivity index is 1.78. The van der Waals surface area contributed by atoms with E-state index in [9.17, 15) is 4.79 Å². The number of hydrogen-bond donors (Lipinski definition) is 0. The van der Waals surface area contributed by atoms with Crippen molar-refractivity contribution < 1.29 is 14.4 Å². The van der Waals surface area contributed by atoms with Crippen LogP contribution in [-0.4, -0.2) is 25.9 Å². The minimum absolute atomic E-state index is 0.342. The highest BCUT2D eigenvalue weighted by molar-refractivity contribution is 5.99. The highest BCUT2D eigenvalue weighted by Crippen LogP contribution is 2.28. The number of rotatable bonds is 6. The molecule has 0 atom stereocenters. The highest BCUT2D eigenvalue weighted by atomic mass is 16.6. The summed E-state index contributed by atoms with van der Waals surface area (Å²) in [4.78, 5) is 17.7. The Labute approximate surface area is 161 Å². The van der Waals surface area contributed by atoms with E-state index in [1.807, 2.05) is 43.3 Å². The summed E-state index contributed by atoms with van der Waals surface area (Å²) in [7, 11) is 1.40. The summed E-state index contributed by atoms with van der Waals surface area (Å²) in [5.41, 5.74) is 4.40. The normalized spacial score (nSPS) is 15.0. The van der Waals surface area contributed by atoms with Gasteiger partial charge >= 0.3 is 5.97 Å². The molecule has 1 aliphatic carbocycles. The lowest BCUT2D eigenvalue weighted by molar-refractivity contribution is 0.0601. The summed E-state index contributed by atoms with van der Waals surface area (Å²) in [6, 6.07) is 13.6. The van der Waals surface area contributed by atoms with Crippen LogP contribution in [0.15, 0.2) is 47.6 Å². The lowest BCUT2D eigenvalue weighted by atomic mass is 9.90. The number of nitrogens with zero attached hydrogens (tertiary/aromatic N) is 1. The van der Waals surface area contributed by atoms with Crippen LogP contribution in [0.25, 0.3) is 11.1 Å². The van der Waals surface area contributed by atoms with E-state index in [1.165, 1.54) is 39.2 Å². The van der Waals surface area contributed by atoms with Crippen LogP contribution < -0.4 is 0 Å². The van der Waals surface area contributed by atoms with Gasteiger partial charge in [0, 0.05) is 0 Å². The van der Waals surface area contributed by atoms with E-state index in [-0.39, 0.29) is 5.97 Å². The summed E-state index contributed by atoms with van der Waals surface area (Å²) in [5.74, 6) is 0.283. The minimum atomic E-state index is -0.342. The van der Waals surface area contributed by atoms with Gasteiger partial charge in [-0.25, -0.2) is 4.79 Å². The van der Waals surface area contributed by atoms with Gasteiger partial charge < -0.3 is 9.57 Å². The predicted molar refractivity (Wildman–Crippen MR) is 108 cm³/mol. The summed E-state index contributed by atoms with van der Waals surface area (Å²) >= 11 is 0. The van der Waals surface area contributed by atoms with Gasteiger partial charge in [0.2, 0.25) is 0 Å². The molecule has 3 rings (SSSR count). The number of carbonyl (C=O) groups is 1. The maximum atomic E-state index is 12.2. The molecule has 0 amide bonds. The molecule has 4 heteroatoms. The van der Waals surface area contributed by atoms with Crippen molar-refractivity contribution in [2.24, 2.45) is 11.1 Å². The van der Waals surface area contributed by atoms with Crippen LogP contribution in [0.5, 0.6) is 0 Å². The number of aryl methyl sites for hydroxylation is 1. The number of esters is 1. The second-order valence-electron chi connectivity index (χ2n) is 7.15. The minimum Gasteiger partial charge on any atom is -0.465 e. The molecule has 27 heavy (non-hydrogen) atoms. The number of carbonyl (C=O) groups excluding carboxylic acids is 1. The number of benzene rings is 2. The third-order valence-electron chi connectivity index (χ3n) is 5.20. The molecule has 0 radical (unpaired) electrons. The van der Waals surface area contributed by atoms with Crippen molar-refractivity contribution in [3.05, 3.63) is 59.2 Å². The average Bonchev–Trinajstić information content (AvgIpc) is 2.72. The zero-order valence-electron chi connectivity index (χ0n) is 16.1. The molecule has 1 saturated carbocycles. The second kappa shape index (κ2) is 9.36. The first-order valence-electron chi connectivity index (χ1n) is 9.62. The van der Waals surface area contributed by atoms with Gasteiger partial charge in [0.05, 0.1) is 18.9 Å². The Morgan fingerprint density at radius 1 is 1.11 bits per heavy atom. The molecule has 142 valence electrons. The Bertz CT molecular complexity index is 807. The molecule has 0 aliphatic heterocycles. The summed E-state index contributed by atoms with van der Waals surface area (Å²) in [6.45, 7) is 2.71. The first-order chi connectivity index (χ1) is 13.2. The molecule has 1 aliphatic rings. The van der Waals surface area contributed by atoms with Crippen molar-refractivity contribution in [3.8, 4) is 11.1 Å². The van der Waals surface area contributed by atoms with Crippen LogP contribution in [0.2, 0.25) is 0 Å². The monoisotopic (exact) mass is 365 g/mol. The van der Waals surface area contributed by atoms with Gasteiger partial charge in [0.1, 0.15) is 6.61 Å². The SMILES string of the molecule is COC(=O)c1ccc(C=NOCC2CCCCC2)cc1-c1ccccc1C. The van der Waals surface area contributed by atoms with Crippen molar-refractivity contribution in [2.45, 2.75) is 39.0 Å². The van der Waals surface area contributed by atoms with Crippen molar-refractivity contribution in [1.82, 2.24) is 0 Å². The molecule has 0 bridgehead atoms. The maximum Gasteiger partial charge on any atom is 0.338 e. The third kappa shape index (κ3) is 4.97. The lowest BCUT2D eigenvalue weighted by Crippen LogP contribution is -2.11. The fourth-order valence-electron chi connectivity index (χ4n) is 3.63. The summed E-state index contributed by atoms with van der Waals surface area (Å²) in [5, 5.41) is 4.15. The van der Waals surface area contributed by atoms with Crippen molar-refractivity contribution >= 4 is 12.2 Å². The van der Waals surface area contributed by atoms with Gasteiger partial charge in [-0.3, -0.25) is 0 Å². The molecule has 0 saturated heterocycles. The van der Waals surface area contributed by atoms with E-state index >= 15 is 0 Å². The van der Waals surface area contributed by atoms with E-state index in [0.717, 1.165) is 22.3 Å². The molecule has 0 heterocycles. The highest BCUT2D eigenvalue weighted by Gasteiger charge is 2.15. The third-order valence-corrected chi connectivity index (χ3v) is 5.20. The van der Waals surface area contributed by atoms with Crippen molar-refractivity contribution in [1.29, 1.82) is 0 Å². The van der Waals surface area contributed by atoms with E-state index in [2.05, 4.69) is 5.16 Å². The fourth-order valence-corrected chi connectivity index (χ4v) is 3.63. The lowest BCUT2D eigenvalue weighted by Gasteiger charge is -2.19. The van der Waals surface area contributed by atoms with E-state index in [4.69, 9.17) is 9.57 Å². The zero-order chi connectivity index (χ0) is 19.1. The first-order valence-corrected chi connectivity index (χ1v) is 9.62. The number of ether oxygens (including phenoxy) is 1. The Hall–Kier alpha value is -2.62. The topological polar surface area (TPSA) is 47.9 Å². The second-order valence-corrected chi connectivity index (χ2v) is 7.15. The Kier molecular flexibility index (Phi) is 6.64. The quantitative estimate of drug-likeness (QED) is 0.392. The van der Waals surface area contributed by atoms with Gasteiger partial charge in [-0.15, -0.1) is 0 Å². The average molecular weight is 365 g/mol. The molecule has 1 fully saturated rings. The van der Waals surface area contributed by atoms with E-state index in [1.54, 1.807) is 12.3 Å². The fraction of sp³-hybridized carbons (Fsp3) is 0.391. The first kappa shape index (κ1) is 19.2. The van der Waals surface area contributed by atoms with E-state index < -0.39 is 0 Å². The molecule has 0 unspecified atom stereocenters. The number of methoxy groups -OCH3 is 1. The van der Waals surface area contributed by atoms with Crippen LogP contribution in [0.1, 0.15) is 53.6 Å². The molecule has 0 aromatic heterocycles. The van der Waals surface area contributed by atoms with Gasteiger partial charge in [-0.05, 0) is 60.1 Å². The molecular weight excluding hydrogens is 338 g/mol. The Morgan fingerprint density at radius 3 is 2.63 bits per heavy atom. The van der Waals surface area contributed by atoms with Crippen LogP contribution in [0.3, 0.4) is 0 Å². The summed E-state index contributed by atoms with van der Waals surface area (Å²) < 4.78 is 4.95. The van der Waals surface area contributed by atoms with Gasteiger partial charge in [-0.2, -0.15) is 0 Å². The van der Waals surface area contributed by atoms with Crippen molar-refractivity contribution in [2.75, 3.05) is 13.7 Å². The molecule has 0 N–H and O–H groups in total. The standard InChI is InChI=1S/C23H27NO3/c1-17-8-6-7-11-20(17)22-14-19(12-13-21(22)23(25)26-2)15-24-27-16-18-9-4-3-5-10-18/h6-8,11-15,18H,3-5,9-10,16H2,1-2H3. The number of oxime groups is 1. The predicted octanol–water partition coefficient (Wildman–Crippen LogP) is 5.38.